The first-order valence-corrected chi connectivity index (χ1v) is 9.93. The number of rotatable bonds is 5. The van der Waals surface area contributed by atoms with Crippen LogP contribution < -0.4 is 9.62 Å². The SMILES string of the molecule is N#Cc1cccnc1N1CCC(CNS(=O)(=O)c2cc(F)cc(F)c2)CC1. The van der Waals surface area contributed by atoms with E-state index in [-0.39, 0.29) is 12.5 Å². The topological polar surface area (TPSA) is 86.1 Å². The predicted octanol–water partition coefficient (Wildman–Crippen LogP) is 2.43. The number of hydrogen-bond donors (Lipinski definition) is 1. The largest absolute Gasteiger partial charge is 0.356 e. The summed E-state index contributed by atoms with van der Waals surface area (Å²) < 4.78 is 53.4. The Hall–Kier alpha value is -2.57. The maximum atomic E-state index is 13.3. The van der Waals surface area contributed by atoms with E-state index in [4.69, 9.17) is 0 Å². The van der Waals surface area contributed by atoms with Crippen LogP contribution in [0, 0.1) is 28.9 Å². The van der Waals surface area contributed by atoms with Gasteiger partial charge in [-0.3, -0.25) is 0 Å². The molecule has 0 radical (unpaired) electrons. The Morgan fingerprint density at radius 3 is 2.52 bits per heavy atom. The number of hydrogen-bond acceptors (Lipinski definition) is 5. The van der Waals surface area contributed by atoms with Gasteiger partial charge in [0.1, 0.15) is 23.5 Å². The minimum absolute atomic E-state index is 0.0867. The van der Waals surface area contributed by atoms with Gasteiger partial charge in [0.05, 0.1) is 10.5 Å². The van der Waals surface area contributed by atoms with E-state index >= 15 is 0 Å². The highest BCUT2D eigenvalue weighted by Gasteiger charge is 2.24. The highest BCUT2D eigenvalue weighted by molar-refractivity contribution is 7.89. The van der Waals surface area contributed by atoms with Gasteiger partial charge in [-0.15, -0.1) is 0 Å². The van der Waals surface area contributed by atoms with Crippen LogP contribution >= 0.6 is 0 Å². The molecule has 3 rings (SSSR count). The van der Waals surface area contributed by atoms with E-state index in [1.165, 1.54) is 0 Å². The molecule has 0 amide bonds. The molecule has 1 saturated heterocycles. The van der Waals surface area contributed by atoms with E-state index in [1.807, 2.05) is 4.90 Å². The van der Waals surface area contributed by atoms with Gasteiger partial charge in [-0.25, -0.2) is 26.9 Å². The summed E-state index contributed by atoms with van der Waals surface area (Å²) in [6, 6.07) is 7.74. The van der Waals surface area contributed by atoms with E-state index in [0.29, 0.717) is 43.4 Å². The maximum absolute atomic E-state index is 13.3. The van der Waals surface area contributed by atoms with Gasteiger partial charge in [-0.05, 0) is 43.0 Å². The Morgan fingerprint density at radius 1 is 1.22 bits per heavy atom. The van der Waals surface area contributed by atoms with Gasteiger partial charge in [0.25, 0.3) is 0 Å². The summed E-state index contributed by atoms with van der Waals surface area (Å²) in [6.45, 7) is 1.47. The van der Waals surface area contributed by atoms with Crippen molar-refractivity contribution >= 4 is 15.8 Å². The van der Waals surface area contributed by atoms with Crippen molar-refractivity contribution in [1.29, 1.82) is 5.26 Å². The normalized spacial score (nSPS) is 15.5. The Bertz CT molecular complexity index is 947. The minimum atomic E-state index is -3.98. The van der Waals surface area contributed by atoms with E-state index in [1.54, 1.807) is 18.3 Å². The second-order valence-corrected chi connectivity index (χ2v) is 8.14. The molecule has 1 aromatic heterocycles. The number of pyridine rings is 1. The van der Waals surface area contributed by atoms with Crippen LogP contribution in [0.25, 0.3) is 0 Å². The van der Waals surface area contributed by atoms with Gasteiger partial charge in [0, 0.05) is 31.9 Å². The molecule has 0 aliphatic carbocycles. The number of nitriles is 1. The van der Waals surface area contributed by atoms with Crippen LogP contribution in [0.15, 0.2) is 41.4 Å². The van der Waals surface area contributed by atoms with Crippen molar-refractivity contribution in [2.45, 2.75) is 17.7 Å². The quantitative estimate of drug-likeness (QED) is 0.845. The Labute approximate surface area is 156 Å². The van der Waals surface area contributed by atoms with Crippen molar-refractivity contribution in [2.75, 3.05) is 24.5 Å². The standard InChI is InChI=1S/C18H18F2N4O2S/c19-15-8-16(20)10-17(9-15)27(25,26)23-12-13-3-6-24(7-4-13)18-14(11-21)2-1-5-22-18/h1-2,5,8-10,13,23H,3-4,6-7,12H2. The van der Waals surface area contributed by atoms with Crippen molar-refractivity contribution in [1.82, 2.24) is 9.71 Å². The summed E-state index contributed by atoms with van der Waals surface area (Å²) >= 11 is 0. The zero-order valence-electron chi connectivity index (χ0n) is 14.4. The van der Waals surface area contributed by atoms with Crippen molar-refractivity contribution < 1.29 is 17.2 Å². The third kappa shape index (κ3) is 4.59. The summed E-state index contributed by atoms with van der Waals surface area (Å²) in [5.41, 5.74) is 0.504. The first-order valence-electron chi connectivity index (χ1n) is 8.45. The van der Waals surface area contributed by atoms with Crippen LogP contribution in [-0.4, -0.2) is 33.0 Å². The summed E-state index contributed by atoms with van der Waals surface area (Å²) in [5, 5.41) is 9.18. The molecule has 0 bridgehead atoms. The lowest BCUT2D eigenvalue weighted by Gasteiger charge is -2.33. The van der Waals surface area contributed by atoms with Gasteiger partial charge < -0.3 is 4.90 Å². The first kappa shape index (κ1) is 19.2. The lowest BCUT2D eigenvalue weighted by atomic mass is 9.97. The molecule has 142 valence electrons. The van der Waals surface area contributed by atoms with Crippen LogP contribution in [0.2, 0.25) is 0 Å². The zero-order chi connectivity index (χ0) is 19.4. The molecule has 0 atom stereocenters. The van der Waals surface area contributed by atoms with Crippen molar-refractivity contribution in [3.63, 3.8) is 0 Å². The smallest absolute Gasteiger partial charge is 0.240 e. The number of piperidine rings is 1. The first-order chi connectivity index (χ1) is 12.9. The summed E-state index contributed by atoms with van der Waals surface area (Å²) in [7, 11) is -3.98. The summed E-state index contributed by atoms with van der Waals surface area (Å²) in [5.74, 6) is -1.15. The molecular formula is C18H18F2N4O2S. The van der Waals surface area contributed by atoms with E-state index in [9.17, 15) is 22.5 Å². The van der Waals surface area contributed by atoms with Crippen molar-refractivity contribution in [3.05, 3.63) is 53.7 Å². The molecule has 6 nitrogen and oxygen atoms in total. The van der Waals surface area contributed by atoms with Gasteiger partial charge in [0.2, 0.25) is 10.0 Å². The average molecular weight is 392 g/mol. The summed E-state index contributed by atoms with van der Waals surface area (Å²) in [4.78, 5) is 5.84. The van der Waals surface area contributed by atoms with Crippen LogP contribution in [-0.2, 0) is 10.0 Å². The molecule has 0 spiro atoms. The fourth-order valence-corrected chi connectivity index (χ4v) is 4.24. The fourth-order valence-electron chi connectivity index (χ4n) is 3.08. The number of sulfonamides is 1. The molecule has 27 heavy (non-hydrogen) atoms. The summed E-state index contributed by atoms with van der Waals surface area (Å²) in [6.07, 6.45) is 3.05. The lowest BCUT2D eigenvalue weighted by molar-refractivity contribution is 0.400. The number of halogens is 2. The number of benzene rings is 1. The van der Waals surface area contributed by atoms with Crippen LogP contribution in [0.4, 0.5) is 14.6 Å². The van der Waals surface area contributed by atoms with E-state index in [0.717, 1.165) is 12.1 Å². The highest BCUT2D eigenvalue weighted by atomic mass is 32.2. The minimum Gasteiger partial charge on any atom is -0.356 e. The third-order valence-corrected chi connectivity index (χ3v) is 5.93. The van der Waals surface area contributed by atoms with Crippen LogP contribution in [0.3, 0.4) is 0 Å². The van der Waals surface area contributed by atoms with Crippen LogP contribution in [0.5, 0.6) is 0 Å². The number of nitrogens with one attached hydrogen (secondary N) is 1. The second kappa shape index (κ2) is 7.98. The highest BCUT2D eigenvalue weighted by Crippen LogP contribution is 2.24. The molecule has 2 heterocycles. The molecule has 1 N–H and O–H groups in total. The van der Waals surface area contributed by atoms with Crippen LogP contribution in [0.1, 0.15) is 18.4 Å². The number of aromatic nitrogens is 1. The Balaban J connectivity index is 1.59. The molecule has 2 aromatic rings. The molecular weight excluding hydrogens is 374 g/mol. The molecule has 0 unspecified atom stereocenters. The van der Waals surface area contributed by atoms with Gasteiger partial charge in [-0.2, -0.15) is 5.26 Å². The maximum Gasteiger partial charge on any atom is 0.240 e. The Kier molecular flexibility index (Phi) is 5.68. The molecule has 1 fully saturated rings. The molecule has 9 heteroatoms. The second-order valence-electron chi connectivity index (χ2n) is 6.37. The lowest BCUT2D eigenvalue weighted by Crippen LogP contribution is -2.39. The van der Waals surface area contributed by atoms with Crippen molar-refractivity contribution in [2.24, 2.45) is 5.92 Å². The van der Waals surface area contributed by atoms with E-state index in [2.05, 4.69) is 15.8 Å². The van der Waals surface area contributed by atoms with Gasteiger partial charge in [-0.1, -0.05) is 0 Å². The van der Waals surface area contributed by atoms with Gasteiger partial charge >= 0.3 is 0 Å². The van der Waals surface area contributed by atoms with Gasteiger partial charge in [0.15, 0.2) is 0 Å². The Morgan fingerprint density at radius 2 is 1.89 bits per heavy atom. The zero-order valence-corrected chi connectivity index (χ0v) is 15.2. The van der Waals surface area contributed by atoms with Crippen molar-refractivity contribution in [3.8, 4) is 6.07 Å². The van der Waals surface area contributed by atoms with E-state index < -0.39 is 26.6 Å². The fraction of sp³-hybridized carbons (Fsp3) is 0.333. The molecule has 0 saturated carbocycles. The molecule has 1 aliphatic rings. The monoisotopic (exact) mass is 392 g/mol. The molecule has 1 aliphatic heterocycles. The predicted molar refractivity (Wildman–Crippen MR) is 95.4 cm³/mol. The third-order valence-electron chi connectivity index (χ3n) is 4.53. The number of nitrogens with zero attached hydrogens (tertiary/aromatic N) is 3. The molecule has 1 aromatic carbocycles. The average Bonchev–Trinajstić information content (AvgIpc) is 2.66. The number of anilines is 1.